The average molecular weight is 375 g/mol. The van der Waals surface area contributed by atoms with Crippen molar-refractivity contribution in [2.24, 2.45) is 4.99 Å². The maximum atomic E-state index is 9.98. The van der Waals surface area contributed by atoms with Gasteiger partial charge in [-0.05, 0) is 44.0 Å². The largest absolute Gasteiger partial charge is 0.502 e. The van der Waals surface area contributed by atoms with Crippen LogP contribution in [0.1, 0.15) is 23.4 Å². The summed E-state index contributed by atoms with van der Waals surface area (Å²) in [7, 11) is 4.75. The second-order valence-electron chi connectivity index (χ2n) is 6.21. The van der Waals surface area contributed by atoms with Gasteiger partial charge in [-0.15, -0.1) is 0 Å². The molecule has 0 bridgehead atoms. The molecule has 148 valence electrons. The molecule has 0 amide bonds. The quantitative estimate of drug-likeness (QED) is 0.371. The van der Waals surface area contributed by atoms with Crippen LogP contribution in [0.5, 0.6) is 17.2 Å². The SMILES string of the molecule is CN=C(NCCCn1nc(C)cc1C)NCc1cc(OC)c(O)c(OC)c1. The highest BCUT2D eigenvalue weighted by molar-refractivity contribution is 5.79. The Labute approximate surface area is 160 Å². The van der Waals surface area contributed by atoms with E-state index in [1.165, 1.54) is 19.9 Å². The molecule has 1 heterocycles. The monoisotopic (exact) mass is 375 g/mol. The number of nitrogens with one attached hydrogen (secondary N) is 2. The van der Waals surface area contributed by atoms with Crippen molar-refractivity contribution in [3.63, 3.8) is 0 Å². The lowest BCUT2D eigenvalue weighted by molar-refractivity contribution is 0.339. The van der Waals surface area contributed by atoms with E-state index in [-0.39, 0.29) is 5.75 Å². The third-order valence-corrected chi connectivity index (χ3v) is 4.17. The van der Waals surface area contributed by atoms with Gasteiger partial charge >= 0.3 is 0 Å². The Morgan fingerprint density at radius 3 is 2.33 bits per heavy atom. The Bertz CT molecular complexity index is 761. The third-order valence-electron chi connectivity index (χ3n) is 4.17. The highest BCUT2D eigenvalue weighted by Crippen LogP contribution is 2.36. The van der Waals surface area contributed by atoms with E-state index in [1.807, 2.05) is 11.6 Å². The molecule has 0 aliphatic rings. The molecule has 27 heavy (non-hydrogen) atoms. The topological polar surface area (TPSA) is 92.9 Å². The number of aromatic nitrogens is 2. The highest BCUT2D eigenvalue weighted by Gasteiger charge is 2.11. The van der Waals surface area contributed by atoms with E-state index < -0.39 is 0 Å². The van der Waals surface area contributed by atoms with Crippen LogP contribution in [-0.4, -0.2) is 48.7 Å². The zero-order chi connectivity index (χ0) is 19.8. The molecule has 0 atom stereocenters. The van der Waals surface area contributed by atoms with Gasteiger partial charge in [0.1, 0.15) is 0 Å². The number of aliphatic imine (C=N–C) groups is 1. The van der Waals surface area contributed by atoms with Crippen molar-refractivity contribution < 1.29 is 14.6 Å². The molecule has 0 saturated heterocycles. The summed E-state index contributed by atoms with van der Waals surface area (Å²) in [6.45, 7) is 6.22. The molecule has 8 nitrogen and oxygen atoms in total. The second-order valence-corrected chi connectivity index (χ2v) is 6.21. The van der Waals surface area contributed by atoms with Crippen LogP contribution >= 0.6 is 0 Å². The summed E-state index contributed by atoms with van der Waals surface area (Å²) in [5, 5.41) is 21.0. The van der Waals surface area contributed by atoms with Crippen LogP contribution in [0.15, 0.2) is 23.2 Å². The molecule has 3 N–H and O–H groups in total. The number of rotatable bonds is 8. The number of phenolic OH excluding ortho intramolecular Hbond substituents is 1. The summed E-state index contributed by atoms with van der Waals surface area (Å²) in [5.41, 5.74) is 3.12. The number of hydrogen-bond acceptors (Lipinski definition) is 5. The van der Waals surface area contributed by atoms with Crippen molar-refractivity contribution in [1.82, 2.24) is 20.4 Å². The summed E-state index contributed by atoms with van der Waals surface area (Å²) in [5.74, 6) is 1.45. The van der Waals surface area contributed by atoms with Gasteiger partial charge in [0.2, 0.25) is 5.75 Å². The van der Waals surface area contributed by atoms with Gasteiger partial charge in [-0.3, -0.25) is 9.67 Å². The molecule has 1 aromatic heterocycles. The van der Waals surface area contributed by atoms with Gasteiger partial charge in [0.25, 0.3) is 0 Å². The highest BCUT2D eigenvalue weighted by atomic mass is 16.5. The fourth-order valence-corrected chi connectivity index (χ4v) is 2.79. The fourth-order valence-electron chi connectivity index (χ4n) is 2.79. The fraction of sp³-hybridized carbons (Fsp3) is 0.474. The minimum atomic E-state index is -0.00425. The van der Waals surface area contributed by atoms with Crippen LogP contribution in [-0.2, 0) is 13.1 Å². The van der Waals surface area contributed by atoms with Crippen LogP contribution in [0.25, 0.3) is 0 Å². The first-order valence-electron chi connectivity index (χ1n) is 8.88. The van der Waals surface area contributed by atoms with E-state index in [4.69, 9.17) is 9.47 Å². The Balaban J connectivity index is 1.84. The number of methoxy groups -OCH3 is 2. The van der Waals surface area contributed by atoms with Crippen molar-refractivity contribution in [3.05, 3.63) is 35.2 Å². The van der Waals surface area contributed by atoms with Crippen LogP contribution in [0.2, 0.25) is 0 Å². The normalized spacial score (nSPS) is 11.4. The molecule has 0 aliphatic heterocycles. The van der Waals surface area contributed by atoms with Crippen molar-refractivity contribution in [2.45, 2.75) is 33.4 Å². The van der Waals surface area contributed by atoms with Gasteiger partial charge < -0.3 is 25.2 Å². The third kappa shape index (κ3) is 5.54. The molecular weight excluding hydrogens is 346 g/mol. The predicted molar refractivity (Wildman–Crippen MR) is 106 cm³/mol. The number of ether oxygens (including phenoxy) is 2. The van der Waals surface area contributed by atoms with E-state index >= 15 is 0 Å². The number of guanidine groups is 1. The molecule has 0 radical (unpaired) electrons. The smallest absolute Gasteiger partial charge is 0.200 e. The maximum absolute atomic E-state index is 9.98. The standard InChI is InChI=1S/C19H29N5O3/c1-13-9-14(2)24(23-13)8-6-7-21-19(20-3)22-12-15-10-16(26-4)18(25)17(11-15)27-5/h9-11,25H,6-8,12H2,1-5H3,(H2,20,21,22). The van der Waals surface area contributed by atoms with Gasteiger partial charge in [0.15, 0.2) is 17.5 Å². The predicted octanol–water partition coefficient (Wildman–Crippen LogP) is 1.98. The van der Waals surface area contributed by atoms with Crippen molar-refractivity contribution in [2.75, 3.05) is 27.8 Å². The number of aryl methyl sites for hydroxylation is 3. The van der Waals surface area contributed by atoms with Crippen LogP contribution in [0, 0.1) is 13.8 Å². The van der Waals surface area contributed by atoms with Gasteiger partial charge in [0.05, 0.1) is 19.9 Å². The summed E-state index contributed by atoms with van der Waals surface area (Å²) < 4.78 is 12.4. The Kier molecular flexibility index (Phi) is 7.34. The molecule has 2 rings (SSSR count). The van der Waals surface area contributed by atoms with Crippen LogP contribution in [0.4, 0.5) is 0 Å². The molecule has 2 aromatic rings. The lowest BCUT2D eigenvalue weighted by Gasteiger charge is -2.14. The van der Waals surface area contributed by atoms with E-state index in [1.54, 1.807) is 19.2 Å². The second kappa shape index (κ2) is 9.70. The first kappa shape index (κ1) is 20.4. The zero-order valence-corrected chi connectivity index (χ0v) is 16.7. The minimum absolute atomic E-state index is 0.00425. The molecule has 0 fully saturated rings. The summed E-state index contributed by atoms with van der Waals surface area (Å²) in [4.78, 5) is 4.23. The Morgan fingerprint density at radius 1 is 1.15 bits per heavy atom. The molecule has 8 heteroatoms. The number of aromatic hydroxyl groups is 1. The molecule has 0 unspecified atom stereocenters. The molecule has 0 saturated carbocycles. The number of phenols is 1. The van der Waals surface area contributed by atoms with Gasteiger partial charge in [-0.25, -0.2) is 0 Å². The average Bonchev–Trinajstić information content (AvgIpc) is 2.99. The van der Waals surface area contributed by atoms with Gasteiger partial charge in [-0.2, -0.15) is 5.10 Å². The number of benzene rings is 1. The number of hydrogen-bond donors (Lipinski definition) is 3. The lowest BCUT2D eigenvalue weighted by Crippen LogP contribution is -2.37. The maximum Gasteiger partial charge on any atom is 0.200 e. The summed E-state index contributed by atoms with van der Waals surface area (Å²) >= 11 is 0. The van der Waals surface area contributed by atoms with E-state index in [0.29, 0.717) is 24.0 Å². The zero-order valence-electron chi connectivity index (χ0n) is 16.7. The summed E-state index contributed by atoms with van der Waals surface area (Å²) in [6, 6.07) is 5.61. The van der Waals surface area contributed by atoms with E-state index in [9.17, 15) is 5.11 Å². The Morgan fingerprint density at radius 2 is 1.81 bits per heavy atom. The molecular formula is C19H29N5O3. The van der Waals surface area contributed by atoms with Gasteiger partial charge in [-0.1, -0.05) is 0 Å². The van der Waals surface area contributed by atoms with Crippen LogP contribution < -0.4 is 20.1 Å². The van der Waals surface area contributed by atoms with Crippen LogP contribution in [0.3, 0.4) is 0 Å². The van der Waals surface area contributed by atoms with Gasteiger partial charge in [0, 0.05) is 32.4 Å². The van der Waals surface area contributed by atoms with Crippen molar-refractivity contribution in [3.8, 4) is 17.2 Å². The van der Waals surface area contributed by atoms with E-state index in [0.717, 1.165) is 30.8 Å². The van der Waals surface area contributed by atoms with Crippen molar-refractivity contribution in [1.29, 1.82) is 0 Å². The Hall–Kier alpha value is -2.90. The number of nitrogens with zero attached hydrogens (tertiary/aromatic N) is 3. The first-order chi connectivity index (χ1) is 13.0. The van der Waals surface area contributed by atoms with E-state index in [2.05, 4.69) is 33.7 Å². The summed E-state index contributed by atoms with van der Waals surface area (Å²) in [6.07, 6.45) is 0.934. The molecule has 0 aliphatic carbocycles. The minimum Gasteiger partial charge on any atom is -0.502 e. The molecule has 0 spiro atoms. The lowest BCUT2D eigenvalue weighted by atomic mass is 10.2. The first-order valence-corrected chi connectivity index (χ1v) is 8.88. The molecule has 1 aromatic carbocycles. The van der Waals surface area contributed by atoms with Crippen molar-refractivity contribution >= 4 is 5.96 Å².